The number of halogens is 2. The topological polar surface area (TPSA) is 59.2 Å². The summed E-state index contributed by atoms with van der Waals surface area (Å²) in [6.07, 6.45) is 2.37. The summed E-state index contributed by atoms with van der Waals surface area (Å²) in [6, 6.07) is 4.05. The third-order valence-corrected chi connectivity index (χ3v) is 4.76. The molecule has 1 saturated heterocycles. The first-order valence-corrected chi connectivity index (χ1v) is 8.88. The van der Waals surface area contributed by atoms with E-state index in [-0.39, 0.29) is 17.4 Å². The SMILES string of the molecule is CC(C)c1noc(CC2CCN(C(=O)c3cc(Cl)ccc3F)CC2)n1. The number of hydrogen-bond donors (Lipinski definition) is 0. The van der Waals surface area contributed by atoms with Crippen LogP contribution in [0.3, 0.4) is 0 Å². The summed E-state index contributed by atoms with van der Waals surface area (Å²) < 4.78 is 19.2. The zero-order chi connectivity index (χ0) is 18.0. The molecule has 0 bridgehead atoms. The van der Waals surface area contributed by atoms with Crippen molar-refractivity contribution in [2.24, 2.45) is 5.92 Å². The summed E-state index contributed by atoms with van der Waals surface area (Å²) in [5.74, 6) is 1.15. The highest BCUT2D eigenvalue weighted by molar-refractivity contribution is 6.31. The molecule has 0 radical (unpaired) electrons. The lowest BCUT2D eigenvalue weighted by Crippen LogP contribution is -2.39. The average molecular weight is 366 g/mol. The van der Waals surface area contributed by atoms with Crippen LogP contribution in [0.15, 0.2) is 22.7 Å². The van der Waals surface area contributed by atoms with E-state index in [0.717, 1.165) is 18.7 Å². The Hall–Kier alpha value is -1.95. The zero-order valence-electron chi connectivity index (χ0n) is 14.3. The second-order valence-corrected chi connectivity index (χ2v) is 7.20. The van der Waals surface area contributed by atoms with E-state index in [1.165, 1.54) is 18.2 Å². The van der Waals surface area contributed by atoms with Crippen molar-refractivity contribution in [2.45, 2.75) is 39.0 Å². The Bertz CT molecular complexity index is 755. The smallest absolute Gasteiger partial charge is 0.256 e. The van der Waals surface area contributed by atoms with Crippen LogP contribution < -0.4 is 0 Å². The van der Waals surface area contributed by atoms with Crippen molar-refractivity contribution in [3.63, 3.8) is 0 Å². The predicted molar refractivity (Wildman–Crippen MR) is 92.1 cm³/mol. The highest BCUT2D eigenvalue weighted by atomic mass is 35.5. The van der Waals surface area contributed by atoms with Gasteiger partial charge in [-0.05, 0) is 37.0 Å². The van der Waals surface area contributed by atoms with E-state index in [1.807, 2.05) is 13.8 Å². The Morgan fingerprint density at radius 3 is 2.76 bits per heavy atom. The first-order valence-electron chi connectivity index (χ1n) is 8.51. The van der Waals surface area contributed by atoms with Crippen LogP contribution in [0.2, 0.25) is 5.02 Å². The molecule has 2 aromatic rings. The molecular weight excluding hydrogens is 345 g/mol. The maximum absolute atomic E-state index is 13.9. The number of benzene rings is 1. The van der Waals surface area contributed by atoms with E-state index in [1.54, 1.807) is 4.90 Å². The van der Waals surface area contributed by atoms with Crippen LogP contribution in [0.4, 0.5) is 4.39 Å². The fourth-order valence-electron chi connectivity index (χ4n) is 3.00. The molecule has 1 aromatic heterocycles. The maximum atomic E-state index is 13.9. The van der Waals surface area contributed by atoms with E-state index in [9.17, 15) is 9.18 Å². The maximum Gasteiger partial charge on any atom is 0.256 e. The van der Waals surface area contributed by atoms with Crippen molar-refractivity contribution in [1.82, 2.24) is 15.0 Å². The molecule has 0 spiro atoms. The Kier molecular flexibility index (Phi) is 5.37. The highest BCUT2D eigenvalue weighted by Crippen LogP contribution is 2.24. The Morgan fingerprint density at radius 1 is 1.40 bits per heavy atom. The van der Waals surface area contributed by atoms with Crippen LogP contribution >= 0.6 is 11.6 Å². The summed E-state index contributed by atoms with van der Waals surface area (Å²) >= 11 is 5.88. The predicted octanol–water partition coefficient (Wildman–Crippen LogP) is 4.08. The summed E-state index contributed by atoms with van der Waals surface area (Å²) in [6.45, 7) is 5.21. The molecule has 3 rings (SSSR count). The van der Waals surface area contributed by atoms with E-state index >= 15 is 0 Å². The van der Waals surface area contributed by atoms with Crippen molar-refractivity contribution in [2.75, 3.05) is 13.1 Å². The first kappa shape index (κ1) is 17.9. The lowest BCUT2D eigenvalue weighted by molar-refractivity contribution is 0.0683. The normalized spacial score (nSPS) is 15.8. The Morgan fingerprint density at radius 2 is 2.12 bits per heavy atom. The van der Waals surface area contributed by atoms with Gasteiger partial charge in [-0.25, -0.2) is 4.39 Å². The van der Waals surface area contributed by atoms with Gasteiger partial charge < -0.3 is 9.42 Å². The van der Waals surface area contributed by atoms with E-state index in [2.05, 4.69) is 10.1 Å². The number of rotatable bonds is 4. The molecule has 0 saturated carbocycles. The first-order chi connectivity index (χ1) is 11.9. The number of likely N-dealkylation sites (tertiary alicyclic amines) is 1. The number of carbonyl (C=O) groups excluding carboxylic acids is 1. The van der Waals surface area contributed by atoms with Crippen LogP contribution in [-0.2, 0) is 6.42 Å². The molecule has 0 aliphatic carbocycles. The summed E-state index contributed by atoms with van der Waals surface area (Å²) in [5.41, 5.74) is 0.0319. The van der Waals surface area contributed by atoms with Crippen LogP contribution in [0, 0.1) is 11.7 Å². The van der Waals surface area contributed by atoms with Crippen molar-refractivity contribution in [3.8, 4) is 0 Å². The molecular formula is C18H21ClFN3O2. The van der Waals surface area contributed by atoms with Gasteiger partial charge in [0.15, 0.2) is 5.82 Å². The summed E-state index contributed by atoms with van der Waals surface area (Å²) in [5, 5.41) is 4.34. The van der Waals surface area contributed by atoms with Gasteiger partial charge >= 0.3 is 0 Å². The molecule has 134 valence electrons. The highest BCUT2D eigenvalue weighted by Gasteiger charge is 2.26. The number of amides is 1. The van der Waals surface area contributed by atoms with Crippen molar-refractivity contribution in [1.29, 1.82) is 0 Å². The van der Waals surface area contributed by atoms with E-state index in [0.29, 0.717) is 36.3 Å². The van der Waals surface area contributed by atoms with E-state index < -0.39 is 5.82 Å². The lowest BCUT2D eigenvalue weighted by Gasteiger charge is -2.31. The zero-order valence-corrected chi connectivity index (χ0v) is 15.1. The number of hydrogen-bond acceptors (Lipinski definition) is 4. The number of piperidine rings is 1. The molecule has 1 fully saturated rings. The number of carbonyl (C=O) groups is 1. The van der Waals surface area contributed by atoms with Gasteiger partial charge in [-0.3, -0.25) is 4.79 Å². The molecule has 7 heteroatoms. The molecule has 25 heavy (non-hydrogen) atoms. The van der Waals surface area contributed by atoms with Crippen LogP contribution in [0.25, 0.3) is 0 Å². The third kappa shape index (κ3) is 4.18. The van der Waals surface area contributed by atoms with Crippen molar-refractivity contribution < 1.29 is 13.7 Å². The van der Waals surface area contributed by atoms with Gasteiger partial charge in [0.25, 0.3) is 5.91 Å². The van der Waals surface area contributed by atoms with Gasteiger partial charge in [0, 0.05) is 30.5 Å². The minimum Gasteiger partial charge on any atom is -0.339 e. The molecule has 1 aliphatic heterocycles. The minimum absolute atomic E-state index is 0.0319. The molecule has 5 nitrogen and oxygen atoms in total. The molecule has 0 atom stereocenters. The molecule has 0 N–H and O–H groups in total. The second kappa shape index (κ2) is 7.52. The second-order valence-electron chi connectivity index (χ2n) is 6.76. The minimum atomic E-state index is -0.538. The summed E-state index contributed by atoms with van der Waals surface area (Å²) in [4.78, 5) is 18.6. The molecule has 2 heterocycles. The standard InChI is InChI=1S/C18H21ClFN3O2/c1-11(2)17-21-16(25-22-17)9-12-5-7-23(8-6-12)18(24)14-10-13(19)3-4-15(14)20/h3-4,10-12H,5-9H2,1-2H3. The quantitative estimate of drug-likeness (QED) is 0.819. The van der Waals surface area contributed by atoms with Crippen LogP contribution in [0.5, 0.6) is 0 Å². The summed E-state index contributed by atoms with van der Waals surface area (Å²) in [7, 11) is 0. The Labute approximate surface area is 151 Å². The number of nitrogens with zero attached hydrogens (tertiary/aromatic N) is 3. The van der Waals surface area contributed by atoms with Crippen LogP contribution in [-0.4, -0.2) is 34.0 Å². The molecule has 0 unspecified atom stereocenters. The number of aromatic nitrogens is 2. The van der Waals surface area contributed by atoms with Gasteiger partial charge in [-0.1, -0.05) is 30.6 Å². The molecule has 1 aliphatic rings. The van der Waals surface area contributed by atoms with Crippen molar-refractivity contribution in [3.05, 3.63) is 46.3 Å². The van der Waals surface area contributed by atoms with Gasteiger partial charge in [0.1, 0.15) is 5.82 Å². The largest absolute Gasteiger partial charge is 0.339 e. The van der Waals surface area contributed by atoms with Gasteiger partial charge in [0.2, 0.25) is 5.89 Å². The third-order valence-electron chi connectivity index (χ3n) is 4.52. The lowest BCUT2D eigenvalue weighted by atomic mass is 9.93. The Balaban J connectivity index is 1.57. The van der Waals surface area contributed by atoms with E-state index in [4.69, 9.17) is 16.1 Å². The molecule has 1 amide bonds. The molecule has 1 aromatic carbocycles. The van der Waals surface area contributed by atoms with Crippen LogP contribution in [0.1, 0.15) is 54.7 Å². The van der Waals surface area contributed by atoms with Gasteiger partial charge in [-0.2, -0.15) is 4.98 Å². The monoisotopic (exact) mass is 365 g/mol. The van der Waals surface area contributed by atoms with Gasteiger partial charge in [-0.15, -0.1) is 0 Å². The average Bonchev–Trinajstić information content (AvgIpc) is 3.06. The van der Waals surface area contributed by atoms with Gasteiger partial charge in [0.05, 0.1) is 5.56 Å². The fourth-order valence-corrected chi connectivity index (χ4v) is 3.18. The fraction of sp³-hybridized carbons (Fsp3) is 0.500. The van der Waals surface area contributed by atoms with Crippen molar-refractivity contribution >= 4 is 17.5 Å².